The highest BCUT2D eigenvalue weighted by Crippen LogP contribution is 2.42. The van der Waals surface area contributed by atoms with E-state index in [1.807, 2.05) is 12.1 Å². The third-order valence-electron chi connectivity index (χ3n) is 5.61. The summed E-state index contributed by atoms with van der Waals surface area (Å²) in [5.74, 6) is 1.63. The molecule has 4 nitrogen and oxygen atoms in total. The highest BCUT2D eigenvalue weighted by Gasteiger charge is 2.44. The van der Waals surface area contributed by atoms with Crippen LogP contribution in [0.5, 0.6) is 0 Å². The molecule has 4 rings (SSSR count). The summed E-state index contributed by atoms with van der Waals surface area (Å²) in [6, 6.07) is 8.72. The summed E-state index contributed by atoms with van der Waals surface area (Å²) in [5, 5.41) is 4.52. The molecule has 2 aliphatic heterocycles. The molecule has 2 saturated heterocycles. The van der Waals surface area contributed by atoms with E-state index in [1.54, 1.807) is 0 Å². The van der Waals surface area contributed by atoms with Gasteiger partial charge in [-0.25, -0.2) is 0 Å². The van der Waals surface area contributed by atoms with Crippen LogP contribution in [0, 0.1) is 5.41 Å². The Morgan fingerprint density at radius 3 is 3.04 bits per heavy atom. The van der Waals surface area contributed by atoms with Crippen LogP contribution in [0.3, 0.4) is 0 Å². The summed E-state index contributed by atoms with van der Waals surface area (Å²) in [6.45, 7) is 6.92. The number of ether oxygens (including phenoxy) is 1. The van der Waals surface area contributed by atoms with Gasteiger partial charge in [-0.2, -0.15) is 0 Å². The Morgan fingerprint density at radius 2 is 2.32 bits per heavy atom. The highest BCUT2D eigenvalue weighted by atomic mass is 127. The highest BCUT2D eigenvalue weighted by molar-refractivity contribution is 14.0. The molecule has 25 heavy (non-hydrogen) atoms. The van der Waals surface area contributed by atoms with Gasteiger partial charge in [-0.1, -0.05) is 23.7 Å². The van der Waals surface area contributed by atoms with E-state index in [9.17, 15) is 0 Å². The number of halogens is 2. The lowest BCUT2D eigenvalue weighted by atomic mass is 9.87. The maximum atomic E-state index is 6.13. The molecule has 0 bridgehead atoms. The fraction of sp³-hybridized carbons (Fsp3) is 0.632. The van der Waals surface area contributed by atoms with Crippen LogP contribution in [0.25, 0.3) is 0 Å². The molecule has 6 heteroatoms. The van der Waals surface area contributed by atoms with Gasteiger partial charge in [-0.15, -0.1) is 24.0 Å². The van der Waals surface area contributed by atoms with Gasteiger partial charge in [0.15, 0.2) is 5.96 Å². The molecule has 1 aromatic rings. The van der Waals surface area contributed by atoms with Gasteiger partial charge in [-0.3, -0.25) is 4.99 Å². The lowest BCUT2D eigenvalue weighted by molar-refractivity contribution is 0.156. The van der Waals surface area contributed by atoms with Crippen LogP contribution < -0.4 is 5.32 Å². The first-order chi connectivity index (χ1) is 11.7. The van der Waals surface area contributed by atoms with Gasteiger partial charge in [0, 0.05) is 48.6 Å². The summed E-state index contributed by atoms with van der Waals surface area (Å²) < 4.78 is 5.65. The number of hydrogen-bond donors (Lipinski definition) is 1. The van der Waals surface area contributed by atoms with E-state index in [0.717, 1.165) is 50.3 Å². The van der Waals surface area contributed by atoms with Gasteiger partial charge >= 0.3 is 0 Å². The lowest BCUT2D eigenvalue weighted by Crippen LogP contribution is -2.43. The van der Waals surface area contributed by atoms with E-state index in [2.05, 4.69) is 29.3 Å². The molecule has 138 valence electrons. The van der Waals surface area contributed by atoms with E-state index < -0.39 is 0 Å². The van der Waals surface area contributed by atoms with Crippen LogP contribution in [-0.4, -0.2) is 49.7 Å². The van der Waals surface area contributed by atoms with Crippen molar-refractivity contribution in [3.05, 3.63) is 34.9 Å². The van der Waals surface area contributed by atoms with E-state index in [0.29, 0.717) is 17.4 Å². The SMILES string of the molecule is CCN=C(NC1CC1c1cccc(Cl)c1)N1CCC2(CCOC2)C1.I. The first-order valence-corrected chi connectivity index (χ1v) is 9.46. The number of rotatable bonds is 3. The molecule has 1 spiro atoms. The van der Waals surface area contributed by atoms with Crippen LogP contribution in [-0.2, 0) is 4.74 Å². The molecule has 3 aliphatic rings. The molecule has 1 saturated carbocycles. The molecule has 1 N–H and O–H groups in total. The standard InChI is InChI=1S/C19H26ClN3O.HI/c1-2-21-18(23-8-6-19(12-23)7-9-24-13-19)22-17-11-16(17)14-4-3-5-15(20)10-14;/h3-5,10,16-17H,2,6-9,11-13H2,1H3,(H,21,22);1H. The Balaban J connectivity index is 0.00000182. The van der Waals surface area contributed by atoms with Crippen LogP contribution >= 0.6 is 35.6 Å². The van der Waals surface area contributed by atoms with Crippen molar-refractivity contribution in [2.24, 2.45) is 10.4 Å². The minimum atomic E-state index is 0. The second kappa shape index (κ2) is 8.01. The van der Waals surface area contributed by atoms with Crippen molar-refractivity contribution in [1.82, 2.24) is 10.2 Å². The number of guanidine groups is 1. The third kappa shape index (κ3) is 4.25. The molecule has 0 aromatic heterocycles. The lowest BCUT2D eigenvalue weighted by Gasteiger charge is -2.25. The number of hydrogen-bond acceptors (Lipinski definition) is 2. The smallest absolute Gasteiger partial charge is 0.194 e. The van der Waals surface area contributed by atoms with Gasteiger partial charge in [-0.05, 0) is 43.9 Å². The summed E-state index contributed by atoms with van der Waals surface area (Å²) >= 11 is 6.13. The van der Waals surface area contributed by atoms with Gasteiger partial charge < -0.3 is 15.0 Å². The molecule has 2 heterocycles. The average molecular weight is 476 g/mol. The van der Waals surface area contributed by atoms with Crippen LogP contribution in [0.2, 0.25) is 5.02 Å². The second-order valence-electron chi connectivity index (χ2n) is 7.42. The first kappa shape index (κ1) is 19.2. The normalized spacial score (nSPS) is 31.3. The van der Waals surface area contributed by atoms with E-state index >= 15 is 0 Å². The zero-order chi connectivity index (χ0) is 16.6. The number of nitrogens with one attached hydrogen (secondary N) is 1. The number of aliphatic imine (C=N–C) groups is 1. The molecule has 0 radical (unpaired) electrons. The molecule has 1 aliphatic carbocycles. The Hall–Kier alpha value is -0.530. The molecule has 1 aromatic carbocycles. The van der Waals surface area contributed by atoms with Crippen molar-refractivity contribution in [3.8, 4) is 0 Å². The molecule has 0 amide bonds. The van der Waals surface area contributed by atoms with Gasteiger partial charge in [0.2, 0.25) is 0 Å². The van der Waals surface area contributed by atoms with E-state index in [1.165, 1.54) is 18.4 Å². The monoisotopic (exact) mass is 475 g/mol. The van der Waals surface area contributed by atoms with Crippen molar-refractivity contribution >= 4 is 41.5 Å². The summed E-state index contributed by atoms with van der Waals surface area (Å²) in [6.07, 6.45) is 3.57. The molecular formula is C19H27ClIN3O. The Morgan fingerprint density at radius 1 is 1.44 bits per heavy atom. The third-order valence-corrected chi connectivity index (χ3v) is 5.85. The Bertz CT molecular complexity index is 633. The fourth-order valence-electron chi connectivity index (χ4n) is 4.10. The Labute approximate surface area is 172 Å². The van der Waals surface area contributed by atoms with Crippen LogP contribution in [0.15, 0.2) is 29.3 Å². The first-order valence-electron chi connectivity index (χ1n) is 9.08. The van der Waals surface area contributed by atoms with Gasteiger partial charge in [0.25, 0.3) is 0 Å². The van der Waals surface area contributed by atoms with Crippen molar-refractivity contribution in [1.29, 1.82) is 0 Å². The predicted octanol–water partition coefficient (Wildman–Crippen LogP) is 3.89. The van der Waals surface area contributed by atoms with Crippen molar-refractivity contribution in [2.75, 3.05) is 32.8 Å². The number of likely N-dealkylation sites (tertiary alicyclic amines) is 1. The fourth-order valence-corrected chi connectivity index (χ4v) is 4.30. The van der Waals surface area contributed by atoms with Crippen LogP contribution in [0.4, 0.5) is 0 Å². The molecular weight excluding hydrogens is 449 g/mol. The van der Waals surface area contributed by atoms with E-state index in [4.69, 9.17) is 21.3 Å². The number of nitrogens with zero attached hydrogens (tertiary/aromatic N) is 2. The summed E-state index contributed by atoms with van der Waals surface area (Å²) in [4.78, 5) is 7.19. The molecule has 3 unspecified atom stereocenters. The summed E-state index contributed by atoms with van der Waals surface area (Å²) in [5.41, 5.74) is 1.70. The predicted molar refractivity (Wildman–Crippen MR) is 113 cm³/mol. The van der Waals surface area contributed by atoms with Crippen molar-refractivity contribution < 1.29 is 4.74 Å². The topological polar surface area (TPSA) is 36.9 Å². The zero-order valence-corrected chi connectivity index (χ0v) is 17.8. The maximum Gasteiger partial charge on any atom is 0.194 e. The summed E-state index contributed by atoms with van der Waals surface area (Å²) in [7, 11) is 0. The van der Waals surface area contributed by atoms with Crippen molar-refractivity contribution in [3.63, 3.8) is 0 Å². The molecule has 3 atom stereocenters. The minimum absolute atomic E-state index is 0. The van der Waals surface area contributed by atoms with Gasteiger partial charge in [0.1, 0.15) is 0 Å². The van der Waals surface area contributed by atoms with Crippen molar-refractivity contribution in [2.45, 2.75) is 38.1 Å². The maximum absolute atomic E-state index is 6.13. The molecule has 3 fully saturated rings. The minimum Gasteiger partial charge on any atom is -0.381 e. The number of benzene rings is 1. The van der Waals surface area contributed by atoms with Gasteiger partial charge in [0.05, 0.1) is 6.61 Å². The van der Waals surface area contributed by atoms with Crippen LogP contribution in [0.1, 0.15) is 37.7 Å². The average Bonchev–Trinajstić information content (AvgIpc) is 3.01. The quantitative estimate of drug-likeness (QED) is 0.409. The largest absolute Gasteiger partial charge is 0.381 e. The Kier molecular flexibility index (Phi) is 6.16. The zero-order valence-electron chi connectivity index (χ0n) is 14.7. The second-order valence-corrected chi connectivity index (χ2v) is 7.86. The van der Waals surface area contributed by atoms with E-state index in [-0.39, 0.29) is 24.0 Å².